The van der Waals surface area contributed by atoms with Gasteiger partial charge in [-0.15, -0.1) is 0 Å². The Morgan fingerprint density at radius 2 is 1.13 bits per heavy atom. The molecule has 1 aliphatic heterocycles. The van der Waals surface area contributed by atoms with E-state index in [1.807, 2.05) is 117 Å². The number of fused-ring (bicyclic) bond motifs is 2. The Morgan fingerprint density at radius 3 is 1.52 bits per heavy atom. The summed E-state index contributed by atoms with van der Waals surface area (Å²) in [6.45, 7) is 27.3. The second-order valence-electron chi connectivity index (χ2n) is 17.6. The number of carbonyl (C=O) groups is 3. The molecule has 11 nitrogen and oxygen atoms in total. The third kappa shape index (κ3) is 22.6. The summed E-state index contributed by atoms with van der Waals surface area (Å²) in [4.78, 5) is 41.6. The Labute approximate surface area is 484 Å². The number of aromatic nitrogens is 2. The maximum absolute atomic E-state index is 12.8. The summed E-state index contributed by atoms with van der Waals surface area (Å²) in [6.07, 6.45) is 15.6. The van der Waals surface area contributed by atoms with Gasteiger partial charge in [0.15, 0.2) is 6.29 Å². The molecule has 6 aromatic rings. The van der Waals surface area contributed by atoms with Crippen molar-refractivity contribution < 1.29 is 73.5 Å². The van der Waals surface area contributed by atoms with Gasteiger partial charge in [-0.2, -0.15) is 5.26 Å². The van der Waals surface area contributed by atoms with E-state index < -0.39 is 11.9 Å². The fourth-order valence-electron chi connectivity index (χ4n) is 8.46. The SMILES string of the molecule is C1CCNCC1.CC#N.Cn1c(-c2ccccc2)c(C=O)c2ccccc21.[C-]#[N+]/C(=C\c1c(-c2ccccc2)n(C)c2ccccc12)C(=O)OCC(CC)CCCC.[C-]#[N+]CC(=O)OCC(CC)CCCC.[CH3-].[U].[V]. The van der Waals surface area contributed by atoms with Crippen LogP contribution in [0.1, 0.15) is 121 Å². The number of esters is 2. The number of nitrogens with zero attached hydrogens (tertiary/aromatic N) is 5. The van der Waals surface area contributed by atoms with Crippen molar-refractivity contribution in [1.82, 2.24) is 14.5 Å². The minimum Gasteiger partial charge on any atom is -0.470 e. The first kappa shape index (κ1) is 69.4. The van der Waals surface area contributed by atoms with Crippen molar-refractivity contribution in [2.75, 3.05) is 32.8 Å². The van der Waals surface area contributed by atoms with Gasteiger partial charge >= 0.3 is 18.5 Å². The number of para-hydroxylation sites is 2. The minimum absolute atomic E-state index is 0. The molecule has 0 aliphatic carbocycles. The Hall–Kier alpha value is -5.62. The molecule has 2 aromatic heterocycles. The standard InChI is InChI=1S/C27H30N2O2.C16H13NO.C11H19NO2.C5H11N.C2H3N.CH3.U.V/c1-5-7-13-20(6-2)19-31-27(30)24(28-3)18-23-22-16-11-12-17-25(22)29(4)26(23)21-14-9-8-10-15-21;1-17-15-10-6-5-9-13(15)14(11-18)16(17)12-7-3-2-4-8-12;1-4-6-7-10(5-2)9-14-11(13)8-12-3;1-2-4-6-5-3-1;1-2-3;;;/h8-12,14-18,20H,5-7,13,19H2,1-2,4H3;2-11H,1H3;10H,4-9H2,1-2H3;6H,1-5H2;1H3;1H3;;/q;;;;;-1;;/b24-18-;;;;;;;. The molecule has 3 heterocycles. The molecule has 7 rings (SSSR count). The number of unbranched alkanes of at least 4 members (excludes halogenated alkanes) is 2. The number of aryl methyl sites for hydroxylation is 2. The smallest absolute Gasteiger partial charge is 0.387 e. The quantitative estimate of drug-likeness (QED) is 0.0393. The monoisotopic (exact) mass is 1280 g/mol. The largest absolute Gasteiger partial charge is 0.470 e. The Balaban J connectivity index is 0.00000106. The number of nitriles is 1. The average molecular weight is 1280 g/mol. The van der Waals surface area contributed by atoms with Gasteiger partial charge in [0.25, 0.3) is 5.70 Å². The van der Waals surface area contributed by atoms with Crippen LogP contribution in [-0.4, -0.2) is 60.2 Å². The van der Waals surface area contributed by atoms with E-state index in [0.29, 0.717) is 25.0 Å². The first-order valence-corrected chi connectivity index (χ1v) is 25.6. The van der Waals surface area contributed by atoms with E-state index in [1.54, 1.807) is 12.1 Å². The molecule has 0 spiro atoms. The third-order valence-corrected chi connectivity index (χ3v) is 12.5. The van der Waals surface area contributed by atoms with Crippen molar-refractivity contribution in [1.29, 1.82) is 5.26 Å². The first-order chi connectivity index (χ1) is 35.1. The summed E-state index contributed by atoms with van der Waals surface area (Å²) in [5.74, 6) is -0.134. The summed E-state index contributed by atoms with van der Waals surface area (Å²) in [5, 5.41) is 12.6. The molecule has 2 atom stereocenters. The molecule has 1 N–H and O–H groups in total. The zero-order valence-electron chi connectivity index (χ0n) is 45.7. The summed E-state index contributed by atoms with van der Waals surface area (Å²) in [5.41, 5.74) is 7.84. The number of nitrogens with one attached hydrogen (secondary N) is 1. The van der Waals surface area contributed by atoms with Gasteiger partial charge < -0.3 is 36.2 Å². The van der Waals surface area contributed by atoms with Crippen LogP contribution in [0.4, 0.5) is 0 Å². The maximum atomic E-state index is 12.8. The van der Waals surface area contributed by atoms with E-state index >= 15 is 0 Å². The summed E-state index contributed by atoms with van der Waals surface area (Å²) in [6, 6.07) is 37.8. The van der Waals surface area contributed by atoms with Gasteiger partial charge in [-0.05, 0) is 85.5 Å². The number of aldehydes is 1. The summed E-state index contributed by atoms with van der Waals surface area (Å²) < 4.78 is 14.7. The minimum atomic E-state index is -0.545. The number of ether oxygens (including phenoxy) is 2. The predicted octanol–water partition coefficient (Wildman–Crippen LogP) is 14.9. The zero-order chi connectivity index (χ0) is 52.5. The Kier molecular flexibility index (Phi) is 37.6. The summed E-state index contributed by atoms with van der Waals surface area (Å²) in [7, 11) is 4.01. The van der Waals surface area contributed by atoms with E-state index in [9.17, 15) is 14.4 Å². The molecular weight excluding hydrogens is 1200 g/mol. The van der Waals surface area contributed by atoms with Crippen molar-refractivity contribution in [2.24, 2.45) is 25.9 Å². The van der Waals surface area contributed by atoms with Crippen molar-refractivity contribution in [2.45, 2.75) is 105 Å². The first-order valence-electron chi connectivity index (χ1n) is 25.6. The molecule has 4 aromatic carbocycles. The van der Waals surface area contributed by atoms with Gasteiger partial charge in [0.1, 0.15) is 0 Å². The van der Waals surface area contributed by atoms with Crippen LogP contribution < -0.4 is 5.32 Å². The molecule has 2 unspecified atom stereocenters. The molecule has 75 heavy (non-hydrogen) atoms. The van der Waals surface area contributed by atoms with E-state index in [0.717, 1.165) is 100 Å². The molecular formula is C62H79N6O5UV-. The molecule has 13 heteroatoms. The van der Waals surface area contributed by atoms with Crippen molar-refractivity contribution in [3.05, 3.63) is 156 Å². The molecule has 1 saturated heterocycles. The van der Waals surface area contributed by atoms with Crippen LogP contribution in [0.15, 0.2) is 115 Å². The van der Waals surface area contributed by atoms with Crippen LogP contribution in [0.5, 0.6) is 0 Å². The molecule has 1 radical (unpaired) electrons. The maximum Gasteiger partial charge on any atom is 0.387 e. The number of benzene rings is 4. The number of piperidine rings is 1. The van der Waals surface area contributed by atoms with Crippen molar-refractivity contribution in [3.63, 3.8) is 0 Å². The van der Waals surface area contributed by atoms with E-state index in [2.05, 4.69) is 57.9 Å². The second kappa shape index (κ2) is 40.7. The normalized spacial score (nSPS) is 12.0. The number of hydrogen-bond acceptors (Lipinski definition) is 7. The van der Waals surface area contributed by atoms with Gasteiger partial charge in [0, 0.05) is 98.1 Å². The van der Waals surface area contributed by atoms with Gasteiger partial charge in [-0.3, -0.25) is 9.59 Å². The Bertz CT molecular complexity index is 2720. The van der Waals surface area contributed by atoms with E-state index in [-0.39, 0.29) is 69.3 Å². The predicted molar refractivity (Wildman–Crippen MR) is 301 cm³/mol. The number of carbonyl (C=O) groups excluding carboxylic acids is 3. The van der Waals surface area contributed by atoms with Crippen LogP contribution >= 0.6 is 0 Å². The molecule has 0 saturated carbocycles. The second-order valence-corrected chi connectivity index (χ2v) is 17.6. The summed E-state index contributed by atoms with van der Waals surface area (Å²) >= 11 is 0. The van der Waals surface area contributed by atoms with Crippen LogP contribution in [0, 0.1) is 74.9 Å². The van der Waals surface area contributed by atoms with Gasteiger partial charge in [0.2, 0.25) is 0 Å². The van der Waals surface area contributed by atoms with E-state index in [1.165, 1.54) is 52.1 Å². The zero-order valence-corrected chi connectivity index (χ0v) is 51.3. The van der Waals surface area contributed by atoms with Gasteiger partial charge in [0.05, 0.1) is 37.2 Å². The molecule has 397 valence electrons. The van der Waals surface area contributed by atoms with Crippen LogP contribution in [0.3, 0.4) is 0 Å². The Morgan fingerprint density at radius 1 is 0.707 bits per heavy atom. The average Bonchev–Trinajstić information content (AvgIpc) is 3.88. The third-order valence-electron chi connectivity index (χ3n) is 12.5. The fraction of sp³-hybridized carbons (Fsp3) is 0.403. The fourth-order valence-corrected chi connectivity index (χ4v) is 8.46. The number of rotatable bonds is 18. The van der Waals surface area contributed by atoms with Crippen LogP contribution in [-0.2, 0) is 51.7 Å². The molecule has 0 amide bonds. The van der Waals surface area contributed by atoms with Crippen LogP contribution in [0.25, 0.3) is 60.1 Å². The van der Waals surface area contributed by atoms with Gasteiger partial charge in [-0.25, -0.2) is 16.2 Å². The van der Waals surface area contributed by atoms with Crippen molar-refractivity contribution >= 4 is 46.1 Å². The van der Waals surface area contributed by atoms with Crippen molar-refractivity contribution in [3.8, 4) is 28.6 Å². The number of hydrogen-bond donors (Lipinski definition) is 1. The molecule has 1 fully saturated rings. The molecule has 1 aliphatic rings. The molecule has 0 bridgehead atoms. The van der Waals surface area contributed by atoms with Gasteiger partial charge in [-0.1, -0.05) is 170 Å². The van der Waals surface area contributed by atoms with Crippen LogP contribution in [0.2, 0.25) is 0 Å². The van der Waals surface area contributed by atoms with E-state index in [4.69, 9.17) is 27.9 Å². The topological polar surface area (TPSA) is 124 Å².